The molecule has 10 nitrogen and oxygen atoms in total. The van der Waals surface area contributed by atoms with Crippen LogP contribution in [0, 0.1) is 0 Å². The number of sulfonamides is 1. The average molecular weight is 601 g/mol. The molecule has 4 aromatic rings. The molecule has 2 N–H and O–H groups in total. The van der Waals surface area contributed by atoms with E-state index in [4.69, 9.17) is 32.4 Å². The average Bonchev–Trinajstić information content (AvgIpc) is 3.54. The van der Waals surface area contributed by atoms with Gasteiger partial charge in [-0.05, 0) is 48.9 Å². The molecule has 194 valence electrons. The molecule has 2 aromatic carbocycles. The number of nitrogens with one attached hydrogen (secondary N) is 2. The Bertz CT molecular complexity index is 1450. The number of hydrogen-bond donors (Lipinski definition) is 2. The summed E-state index contributed by atoms with van der Waals surface area (Å²) in [5.74, 6) is 0.694. The maximum atomic E-state index is 12.4. The first-order valence-electron chi connectivity index (χ1n) is 10.6. The van der Waals surface area contributed by atoms with Crippen molar-refractivity contribution in [3.05, 3.63) is 70.0 Å². The van der Waals surface area contributed by atoms with Gasteiger partial charge in [0.1, 0.15) is 5.75 Å². The Balaban J connectivity index is 1.19. The zero-order chi connectivity index (χ0) is 26.3. The first-order valence-corrected chi connectivity index (χ1v) is 14.7. The number of thioether (sulfide) groups is 1. The fraction of sp³-hybridized carbons (Fsp3) is 0.182. The smallest absolute Gasteiger partial charge is 0.277 e. The van der Waals surface area contributed by atoms with Gasteiger partial charge in [-0.2, -0.15) is 0 Å². The Labute approximate surface area is 230 Å². The predicted octanol–water partition coefficient (Wildman–Crippen LogP) is 5.38. The number of rotatable bonds is 12. The van der Waals surface area contributed by atoms with Crippen LogP contribution in [0.15, 0.2) is 68.6 Å². The molecule has 0 atom stereocenters. The van der Waals surface area contributed by atoms with E-state index < -0.39 is 10.0 Å². The predicted molar refractivity (Wildman–Crippen MR) is 143 cm³/mol. The van der Waals surface area contributed by atoms with Crippen LogP contribution in [0.1, 0.15) is 12.3 Å². The molecule has 0 aliphatic carbocycles. The number of benzene rings is 2. The molecule has 37 heavy (non-hydrogen) atoms. The van der Waals surface area contributed by atoms with E-state index in [0.717, 1.165) is 11.8 Å². The van der Waals surface area contributed by atoms with Crippen LogP contribution < -0.4 is 14.8 Å². The lowest BCUT2D eigenvalue weighted by atomic mass is 10.3. The molecule has 0 bridgehead atoms. The second-order valence-corrected chi connectivity index (χ2v) is 11.6. The maximum absolute atomic E-state index is 12.4. The summed E-state index contributed by atoms with van der Waals surface area (Å²) in [6.07, 6.45) is 2.62. The highest BCUT2D eigenvalue weighted by molar-refractivity contribution is 7.99. The van der Waals surface area contributed by atoms with Gasteiger partial charge >= 0.3 is 0 Å². The first kappa shape index (κ1) is 27.2. The Morgan fingerprint density at radius 3 is 2.68 bits per heavy atom. The zero-order valence-corrected chi connectivity index (χ0v) is 22.8. The van der Waals surface area contributed by atoms with E-state index in [2.05, 4.69) is 25.2 Å². The maximum Gasteiger partial charge on any atom is 0.277 e. The van der Waals surface area contributed by atoms with Crippen molar-refractivity contribution in [2.45, 2.75) is 23.0 Å². The number of halogens is 2. The van der Waals surface area contributed by atoms with Gasteiger partial charge < -0.3 is 14.5 Å². The number of carbonyl (C=O) groups is 1. The molecule has 15 heteroatoms. The number of aryl methyl sites for hydroxylation is 1. The summed E-state index contributed by atoms with van der Waals surface area (Å²) in [4.78, 5) is 16.2. The third kappa shape index (κ3) is 8.07. The van der Waals surface area contributed by atoms with Crippen LogP contribution in [0.4, 0.5) is 10.8 Å². The third-order valence-corrected chi connectivity index (χ3v) is 8.09. The molecule has 0 radical (unpaired) electrons. The SMILES string of the molecule is O=C(CSc1nnc(CCCOc2ccc(Cl)cc2Cl)o1)Nc1ccc(S(=O)(=O)Nc2nccs2)cc1. The van der Waals surface area contributed by atoms with E-state index in [1.165, 1.54) is 41.8 Å². The molecule has 0 aliphatic rings. The second kappa shape index (κ2) is 12.6. The molecule has 0 unspecified atom stereocenters. The van der Waals surface area contributed by atoms with Gasteiger partial charge in [-0.25, -0.2) is 13.4 Å². The van der Waals surface area contributed by atoms with Gasteiger partial charge in [0, 0.05) is 28.7 Å². The molecule has 0 aliphatic heterocycles. The summed E-state index contributed by atoms with van der Waals surface area (Å²) >= 11 is 14.2. The van der Waals surface area contributed by atoms with Crippen LogP contribution in [0.3, 0.4) is 0 Å². The molecule has 0 fully saturated rings. The summed E-state index contributed by atoms with van der Waals surface area (Å²) < 4.78 is 38.4. The second-order valence-electron chi connectivity index (χ2n) is 7.29. The van der Waals surface area contributed by atoms with Crippen molar-refractivity contribution in [2.24, 2.45) is 0 Å². The molecule has 0 spiro atoms. The minimum Gasteiger partial charge on any atom is -0.492 e. The topological polar surface area (TPSA) is 136 Å². The van der Waals surface area contributed by atoms with E-state index >= 15 is 0 Å². The van der Waals surface area contributed by atoms with Gasteiger partial charge in [0.05, 0.1) is 22.3 Å². The number of aromatic nitrogens is 3. The van der Waals surface area contributed by atoms with Crippen LogP contribution >= 0.6 is 46.3 Å². The van der Waals surface area contributed by atoms with E-state index in [0.29, 0.717) is 46.8 Å². The van der Waals surface area contributed by atoms with Gasteiger partial charge in [0.25, 0.3) is 15.2 Å². The normalized spacial score (nSPS) is 11.3. The van der Waals surface area contributed by atoms with Crippen molar-refractivity contribution < 1.29 is 22.4 Å². The minimum absolute atomic E-state index is 0.0332. The fourth-order valence-electron chi connectivity index (χ4n) is 2.88. The van der Waals surface area contributed by atoms with E-state index in [9.17, 15) is 13.2 Å². The summed E-state index contributed by atoms with van der Waals surface area (Å²) in [5, 5.41) is 13.8. The highest BCUT2D eigenvalue weighted by Gasteiger charge is 2.16. The van der Waals surface area contributed by atoms with E-state index in [-0.39, 0.29) is 26.9 Å². The molecule has 2 aromatic heterocycles. The van der Waals surface area contributed by atoms with Gasteiger partial charge in [-0.3, -0.25) is 9.52 Å². The van der Waals surface area contributed by atoms with Crippen LogP contribution in [0.2, 0.25) is 10.0 Å². The minimum atomic E-state index is -3.76. The number of ether oxygens (including phenoxy) is 1. The van der Waals surface area contributed by atoms with Crippen LogP contribution in [-0.4, -0.2) is 41.9 Å². The quantitative estimate of drug-likeness (QED) is 0.162. The summed E-state index contributed by atoms with van der Waals surface area (Å²) in [5.41, 5.74) is 0.450. The van der Waals surface area contributed by atoms with Gasteiger partial charge in [-0.1, -0.05) is 35.0 Å². The summed E-state index contributed by atoms with van der Waals surface area (Å²) in [6.45, 7) is 0.399. The molecule has 2 heterocycles. The Hall–Kier alpha value is -2.84. The van der Waals surface area contributed by atoms with E-state index in [1.807, 2.05) is 0 Å². The summed E-state index contributed by atoms with van der Waals surface area (Å²) in [6, 6.07) is 10.8. The molecule has 4 rings (SSSR count). The Morgan fingerprint density at radius 1 is 1.14 bits per heavy atom. The summed E-state index contributed by atoms with van der Waals surface area (Å²) in [7, 11) is -3.76. The van der Waals surface area contributed by atoms with E-state index in [1.54, 1.807) is 23.6 Å². The zero-order valence-electron chi connectivity index (χ0n) is 18.9. The molecule has 0 saturated heterocycles. The van der Waals surface area contributed by atoms with Gasteiger partial charge in [0.2, 0.25) is 11.8 Å². The number of thiazole rings is 1. The lowest BCUT2D eigenvalue weighted by Crippen LogP contribution is -2.15. The first-order chi connectivity index (χ1) is 17.8. The molecule has 0 saturated carbocycles. The van der Waals surface area contributed by atoms with Crippen molar-refractivity contribution in [1.82, 2.24) is 15.2 Å². The number of carbonyl (C=O) groups excluding carboxylic acids is 1. The highest BCUT2D eigenvalue weighted by Crippen LogP contribution is 2.27. The van der Waals surface area contributed by atoms with Gasteiger partial charge in [0.15, 0.2) is 5.13 Å². The monoisotopic (exact) mass is 599 g/mol. The van der Waals surface area contributed by atoms with Crippen LogP contribution in [0.5, 0.6) is 5.75 Å². The molecular weight excluding hydrogens is 581 g/mol. The number of nitrogens with zero attached hydrogens (tertiary/aromatic N) is 3. The van der Waals surface area contributed by atoms with Crippen molar-refractivity contribution in [3.63, 3.8) is 0 Å². The highest BCUT2D eigenvalue weighted by atomic mass is 35.5. The fourth-order valence-corrected chi connectivity index (χ4v) is 5.72. The lowest BCUT2D eigenvalue weighted by molar-refractivity contribution is -0.113. The number of hydrogen-bond acceptors (Lipinski definition) is 10. The lowest BCUT2D eigenvalue weighted by Gasteiger charge is -2.07. The third-order valence-electron chi connectivity index (χ3n) is 4.56. The number of amides is 1. The standard InChI is InChI=1S/C22H19Cl2N5O5S3/c23-14-3-8-18(17(24)12-14)33-10-1-2-20-27-28-22(34-20)36-13-19(30)26-15-4-6-16(7-5-15)37(31,32)29-21-25-9-11-35-21/h3-9,11-12H,1-2,10,13H2,(H,25,29)(H,26,30). The molecule has 1 amide bonds. The van der Waals surface area contributed by atoms with Crippen molar-refractivity contribution in [2.75, 3.05) is 22.4 Å². The molecular formula is C22H19Cl2N5O5S3. The van der Waals surface area contributed by atoms with Crippen LogP contribution in [-0.2, 0) is 21.2 Å². The number of anilines is 2. The van der Waals surface area contributed by atoms with Crippen molar-refractivity contribution >= 4 is 73.0 Å². The Kier molecular flexibility index (Phi) is 9.27. The van der Waals surface area contributed by atoms with Crippen molar-refractivity contribution in [1.29, 1.82) is 0 Å². The Morgan fingerprint density at radius 2 is 1.95 bits per heavy atom. The van der Waals surface area contributed by atoms with Gasteiger partial charge in [-0.15, -0.1) is 21.5 Å². The van der Waals surface area contributed by atoms with Crippen LogP contribution in [0.25, 0.3) is 0 Å². The van der Waals surface area contributed by atoms with Crippen molar-refractivity contribution in [3.8, 4) is 5.75 Å². The largest absolute Gasteiger partial charge is 0.492 e.